The fourth-order valence-corrected chi connectivity index (χ4v) is 12.3. The lowest BCUT2D eigenvalue weighted by atomic mass is 9.44. The van der Waals surface area contributed by atoms with E-state index in [2.05, 4.69) is 20.8 Å². The summed E-state index contributed by atoms with van der Waals surface area (Å²) >= 11 is 0. The van der Waals surface area contributed by atoms with Gasteiger partial charge in [0.05, 0.1) is 36.4 Å². The number of hydrogen-bond acceptors (Lipinski definition) is 10. The molecule has 10 atom stereocenters. The highest BCUT2D eigenvalue weighted by molar-refractivity contribution is 6.73. The molecule has 3 aliphatic carbocycles. The molecule has 4 N–H and O–H groups in total. The van der Waals surface area contributed by atoms with Crippen LogP contribution in [0.2, 0.25) is 18.1 Å². The van der Waals surface area contributed by atoms with Crippen LogP contribution < -0.4 is 0 Å². The zero-order valence-electron chi connectivity index (χ0n) is 28.4. The Kier molecular flexibility index (Phi) is 9.25. The van der Waals surface area contributed by atoms with Gasteiger partial charge in [0.2, 0.25) is 0 Å². The Morgan fingerprint density at radius 1 is 1.02 bits per heavy atom. The van der Waals surface area contributed by atoms with Gasteiger partial charge in [0.15, 0.2) is 13.9 Å². The third-order valence-corrected chi connectivity index (χ3v) is 17.1. The number of aliphatic hydroxyl groups excluding tert-OH is 3. The molecule has 1 heterocycles. The van der Waals surface area contributed by atoms with Crippen LogP contribution in [0, 0.1) is 16.7 Å². The Balaban J connectivity index is 1.83. The molecule has 3 fully saturated rings. The summed E-state index contributed by atoms with van der Waals surface area (Å²) in [7, 11) is -2.38. The van der Waals surface area contributed by atoms with Crippen molar-refractivity contribution in [2.75, 3.05) is 6.61 Å². The van der Waals surface area contributed by atoms with Crippen molar-refractivity contribution in [2.24, 2.45) is 16.7 Å². The van der Waals surface area contributed by atoms with Crippen LogP contribution in [-0.4, -0.2) is 95.1 Å². The third-order valence-electron chi connectivity index (χ3n) is 12.5. The largest absolute Gasteiger partial charge is 0.455 e. The van der Waals surface area contributed by atoms with Gasteiger partial charge in [-0.1, -0.05) is 59.7 Å². The van der Waals surface area contributed by atoms with E-state index in [0.29, 0.717) is 11.1 Å². The van der Waals surface area contributed by atoms with Gasteiger partial charge in [-0.15, -0.1) is 0 Å². The Hall–Kier alpha value is -2.12. The Morgan fingerprint density at radius 2 is 1.63 bits per heavy atom. The predicted molar refractivity (Wildman–Crippen MR) is 172 cm³/mol. The lowest BCUT2D eigenvalue weighted by Crippen LogP contribution is -2.82. The molecular weight excluding hydrogens is 608 g/mol. The lowest BCUT2D eigenvalue weighted by Gasteiger charge is -2.69. The lowest BCUT2D eigenvalue weighted by molar-refractivity contribution is -0.363. The highest BCUT2D eigenvalue weighted by Crippen LogP contribution is 2.65. The minimum atomic E-state index is -2.38. The number of esters is 2. The second-order valence-corrected chi connectivity index (χ2v) is 19.4. The average molecular weight is 661 g/mol. The molecule has 1 aliphatic heterocycles. The van der Waals surface area contributed by atoms with Crippen molar-refractivity contribution >= 4 is 20.3 Å². The summed E-state index contributed by atoms with van der Waals surface area (Å²) in [5.74, 6) is -2.41. The highest BCUT2D eigenvalue weighted by atomic mass is 28.4. The summed E-state index contributed by atoms with van der Waals surface area (Å²) in [6.07, 6.45) is -7.03. The van der Waals surface area contributed by atoms with E-state index in [1.807, 2.05) is 0 Å². The van der Waals surface area contributed by atoms with Crippen LogP contribution in [-0.2, 0) is 23.4 Å². The van der Waals surface area contributed by atoms with Crippen molar-refractivity contribution < 1.29 is 48.7 Å². The fourth-order valence-electron chi connectivity index (χ4n) is 9.34. The maximum Gasteiger partial charge on any atom is 0.338 e. The standard InChI is InChI=1S/C35H52O10Si/c1-9-46(10-2,11-3)45-24-17-25-34(19-42-25,44-21(5)36)28-30(43-31(40)22-15-13-12-14-16-22)35(41)18-23(37)20(4)26(32(35,6)7)27(38)29(39)33(24,28)8/h12-16,23-25,27-30,37-39,41H,9-11,17-19H2,1-8H3/t23?,24?,25?,27?,28?,29?,30?,33-,34+,35?/m1/s1. The van der Waals surface area contributed by atoms with Crippen LogP contribution in [0.15, 0.2) is 41.5 Å². The summed E-state index contributed by atoms with van der Waals surface area (Å²) in [6, 6.07) is 10.8. The van der Waals surface area contributed by atoms with E-state index in [0.717, 1.165) is 18.1 Å². The molecule has 2 bridgehead atoms. The molecular formula is C35H52O10Si. The maximum atomic E-state index is 14.0. The molecule has 46 heavy (non-hydrogen) atoms. The van der Waals surface area contributed by atoms with E-state index in [-0.39, 0.29) is 25.0 Å². The summed E-state index contributed by atoms with van der Waals surface area (Å²) in [6.45, 7) is 14.5. The van der Waals surface area contributed by atoms with Crippen molar-refractivity contribution in [3.05, 3.63) is 47.0 Å². The van der Waals surface area contributed by atoms with E-state index in [4.69, 9.17) is 18.6 Å². The van der Waals surface area contributed by atoms with Crippen molar-refractivity contribution in [3.63, 3.8) is 0 Å². The van der Waals surface area contributed by atoms with Gasteiger partial charge < -0.3 is 39.1 Å². The van der Waals surface area contributed by atoms with Gasteiger partial charge in [-0.3, -0.25) is 4.79 Å². The van der Waals surface area contributed by atoms with Crippen LogP contribution in [0.25, 0.3) is 0 Å². The van der Waals surface area contributed by atoms with E-state index in [1.54, 1.807) is 58.0 Å². The molecule has 2 saturated carbocycles. The van der Waals surface area contributed by atoms with Crippen LogP contribution in [0.3, 0.4) is 0 Å². The molecule has 1 aromatic rings. The summed E-state index contributed by atoms with van der Waals surface area (Å²) in [5, 5.41) is 49.2. The van der Waals surface area contributed by atoms with Gasteiger partial charge in [0.1, 0.15) is 23.9 Å². The number of hydrogen-bond donors (Lipinski definition) is 4. The minimum Gasteiger partial charge on any atom is -0.455 e. The van der Waals surface area contributed by atoms with Gasteiger partial charge in [-0.25, -0.2) is 4.79 Å². The quantitative estimate of drug-likeness (QED) is 0.184. The molecule has 256 valence electrons. The molecule has 0 radical (unpaired) electrons. The first kappa shape index (κ1) is 35.2. The van der Waals surface area contributed by atoms with E-state index >= 15 is 0 Å². The first-order chi connectivity index (χ1) is 21.5. The normalized spacial score (nSPS) is 40.0. The molecule has 5 rings (SSSR count). The number of carbonyl (C=O) groups excluding carboxylic acids is 2. The van der Waals surface area contributed by atoms with Gasteiger partial charge in [0.25, 0.3) is 0 Å². The third kappa shape index (κ3) is 4.95. The van der Waals surface area contributed by atoms with Crippen molar-refractivity contribution in [1.82, 2.24) is 0 Å². The van der Waals surface area contributed by atoms with Crippen molar-refractivity contribution in [3.8, 4) is 0 Å². The van der Waals surface area contributed by atoms with E-state index in [9.17, 15) is 30.0 Å². The molecule has 10 nitrogen and oxygen atoms in total. The van der Waals surface area contributed by atoms with E-state index < -0.39 is 84.8 Å². The number of benzene rings is 1. The number of carbonyl (C=O) groups is 2. The first-order valence-corrected chi connectivity index (χ1v) is 19.2. The average Bonchev–Trinajstić information content (AvgIpc) is 3.01. The molecule has 11 heteroatoms. The minimum absolute atomic E-state index is 0.0644. The number of rotatable bonds is 8. The second-order valence-electron chi connectivity index (χ2n) is 14.7. The molecule has 0 amide bonds. The van der Waals surface area contributed by atoms with Crippen LogP contribution in [0.4, 0.5) is 0 Å². The molecule has 1 aromatic carbocycles. The topological polar surface area (TPSA) is 152 Å². The Bertz CT molecular complexity index is 1350. The van der Waals surface area contributed by atoms with Crippen molar-refractivity contribution in [1.29, 1.82) is 0 Å². The summed E-state index contributed by atoms with van der Waals surface area (Å²) in [4.78, 5) is 26.9. The van der Waals surface area contributed by atoms with Gasteiger partial charge in [0, 0.05) is 30.6 Å². The van der Waals surface area contributed by atoms with Crippen molar-refractivity contribution in [2.45, 2.75) is 134 Å². The molecule has 4 aliphatic rings. The van der Waals surface area contributed by atoms with Gasteiger partial charge >= 0.3 is 11.9 Å². The molecule has 8 unspecified atom stereocenters. The van der Waals surface area contributed by atoms with E-state index in [1.165, 1.54) is 6.92 Å². The fraction of sp³-hybridized carbons (Fsp3) is 0.714. The summed E-state index contributed by atoms with van der Waals surface area (Å²) < 4.78 is 25.9. The number of ether oxygens (including phenoxy) is 3. The predicted octanol–water partition coefficient (Wildman–Crippen LogP) is 3.90. The number of aliphatic hydroxyl groups is 4. The second kappa shape index (κ2) is 12.1. The molecule has 1 saturated heterocycles. The first-order valence-electron chi connectivity index (χ1n) is 16.7. The zero-order valence-corrected chi connectivity index (χ0v) is 29.4. The SMILES string of the molecule is CC[Si](CC)(CC)OC1CC2OC[C@@]2(OC(C)=O)C2C(OC(=O)c3ccccc3)C3(O)CC(O)C(C)=C(C(O)C(O)[C@]12C)C3(C)C. The Labute approximate surface area is 273 Å². The molecule has 0 aromatic heterocycles. The van der Waals surface area contributed by atoms with Crippen LogP contribution >= 0.6 is 0 Å². The summed E-state index contributed by atoms with van der Waals surface area (Å²) in [5.41, 5.74) is -5.16. The highest BCUT2D eigenvalue weighted by Gasteiger charge is 2.78. The molecule has 0 spiro atoms. The van der Waals surface area contributed by atoms with Gasteiger partial charge in [-0.05, 0) is 48.3 Å². The zero-order chi connectivity index (χ0) is 34.0. The monoisotopic (exact) mass is 660 g/mol. The maximum absolute atomic E-state index is 14.0. The van der Waals surface area contributed by atoms with Crippen LogP contribution in [0.1, 0.15) is 78.6 Å². The number of fused-ring (bicyclic) bond motifs is 5. The Morgan fingerprint density at radius 3 is 2.15 bits per heavy atom. The van der Waals surface area contributed by atoms with Gasteiger partial charge in [-0.2, -0.15) is 0 Å². The van der Waals surface area contributed by atoms with Crippen LogP contribution in [0.5, 0.6) is 0 Å². The smallest absolute Gasteiger partial charge is 0.338 e.